The number of hydrogen-bond acceptors (Lipinski definition) is 3. The summed E-state index contributed by atoms with van der Waals surface area (Å²) in [7, 11) is 0. The van der Waals surface area contributed by atoms with Gasteiger partial charge >= 0.3 is 6.36 Å². The Balaban J connectivity index is 2.59. The van der Waals surface area contributed by atoms with Crippen LogP contribution in [0, 0.1) is 5.82 Å². The van der Waals surface area contributed by atoms with Gasteiger partial charge in [0, 0.05) is 12.7 Å². The molecular weight excluding hydrogens is 296 g/mol. The Bertz CT molecular complexity index is 498. The molecule has 0 radical (unpaired) electrons. The van der Waals surface area contributed by atoms with Gasteiger partial charge in [-0.3, -0.25) is 4.79 Å². The van der Waals surface area contributed by atoms with Crippen LogP contribution in [0.1, 0.15) is 18.9 Å². The first-order chi connectivity index (χ1) is 9.28. The Morgan fingerprint density at radius 3 is 2.65 bits per heavy atom. The van der Waals surface area contributed by atoms with Crippen LogP contribution in [0.25, 0.3) is 6.08 Å². The first-order valence-corrected chi connectivity index (χ1v) is 6.61. The lowest BCUT2D eigenvalue weighted by Gasteiger charge is -2.09. The van der Waals surface area contributed by atoms with Gasteiger partial charge in [-0.1, -0.05) is 30.0 Å². The number of alkyl halides is 3. The van der Waals surface area contributed by atoms with E-state index in [1.165, 1.54) is 24.8 Å². The van der Waals surface area contributed by atoms with Crippen LogP contribution in [0.15, 0.2) is 24.3 Å². The molecule has 20 heavy (non-hydrogen) atoms. The molecular formula is C13H12F4O2S. The molecule has 0 heterocycles. The molecule has 7 heteroatoms. The van der Waals surface area contributed by atoms with Crippen LogP contribution in [0.5, 0.6) is 5.75 Å². The van der Waals surface area contributed by atoms with Crippen molar-refractivity contribution in [1.82, 2.24) is 0 Å². The van der Waals surface area contributed by atoms with Gasteiger partial charge in [-0.15, -0.1) is 13.2 Å². The van der Waals surface area contributed by atoms with Crippen molar-refractivity contribution in [3.05, 3.63) is 35.7 Å². The van der Waals surface area contributed by atoms with Gasteiger partial charge in [0.15, 0.2) is 16.7 Å². The molecule has 0 saturated carbocycles. The molecule has 0 aromatic heterocycles. The van der Waals surface area contributed by atoms with E-state index in [1.54, 1.807) is 12.2 Å². The summed E-state index contributed by atoms with van der Waals surface area (Å²) in [5, 5.41) is 0.0121. The van der Waals surface area contributed by atoms with Crippen molar-refractivity contribution in [2.24, 2.45) is 0 Å². The maximum atomic E-state index is 13.4. The van der Waals surface area contributed by atoms with Crippen molar-refractivity contribution in [3.63, 3.8) is 0 Å². The first-order valence-electron chi connectivity index (χ1n) is 5.63. The molecule has 0 spiro atoms. The first kappa shape index (κ1) is 16.6. The summed E-state index contributed by atoms with van der Waals surface area (Å²) in [6.45, 7) is 1.46. The Morgan fingerprint density at radius 1 is 1.40 bits per heavy atom. The lowest BCUT2D eigenvalue weighted by Crippen LogP contribution is -2.17. The van der Waals surface area contributed by atoms with E-state index in [4.69, 9.17) is 0 Å². The summed E-state index contributed by atoms with van der Waals surface area (Å²) >= 11 is 1.17. The Morgan fingerprint density at radius 2 is 2.10 bits per heavy atom. The predicted molar refractivity (Wildman–Crippen MR) is 69.9 cm³/mol. The van der Waals surface area contributed by atoms with Crippen LogP contribution in [0.3, 0.4) is 0 Å². The van der Waals surface area contributed by atoms with Crippen LogP contribution >= 0.6 is 11.8 Å². The highest BCUT2D eigenvalue weighted by molar-refractivity contribution is 8.13. The number of rotatable bonds is 5. The zero-order valence-corrected chi connectivity index (χ0v) is 11.4. The molecule has 0 N–H and O–H groups in total. The Hall–Kier alpha value is -1.50. The van der Waals surface area contributed by atoms with Crippen molar-refractivity contribution in [2.75, 3.05) is 5.75 Å². The molecule has 0 aliphatic rings. The number of carbonyl (C=O) groups is 1. The molecule has 0 bridgehead atoms. The second-order valence-electron chi connectivity index (χ2n) is 3.77. The van der Waals surface area contributed by atoms with E-state index >= 15 is 0 Å². The highest BCUT2D eigenvalue weighted by atomic mass is 32.2. The fraction of sp³-hybridized carbons (Fsp3) is 0.308. The standard InChI is InChI=1S/C13H12F4O2S/c1-9(18)20-7-3-2-4-10-5-6-12(11(14)8-10)19-13(15,16)17/h2,4-6,8H,3,7H2,1H3. The van der Waals surface area contributed by atoms with Crippen LogP contribution in [0.2, 0.25) is 0 Å². The third-order valence-corrected chi connectivity index (χ3v) is 2.93. The summed E-state index contributed by atoms with van der Waals surface area (Å²) in [6.07, 6.45) is -1.02. The van der Waals surface area contributed by atoms with Crippen molar-refractivity contribution < 1.29 is 27.1 Å². The van der Waals surface area contributed by atoms with E-state index in [9.17, 15) is 22.4 Å². The SMILES string of the molecule is CC(=O)SCCC=Cc1ccc(OC(F)(F)F)c(F)c1. The van der Waals surface area contributed by atoms with Gasteiger partial charge in [0.25, 0.3) is 0 Å². The number of halogens is 4. The van der Waals surface area contributed by atoms with E-state index in [0.29, 0.717) is 17.7 Å². The molecule has 0 amide bonds. The van der Waals surface area contributed by atoms with Gasteiger partial charge < -0.3 is 4.74 Å². The monoisotopic (exact) mass is 308 g/mol. The summed E-state index contributed by atoms with van der Waals surface area (Å²) < 4.78 is 52.7. The molecule has 0 aliphatic heterocycles. The summed E-state index contributed by atoms with van der Waals surface area (Å²) in [4.78, 5) is 10.7. The molecule has 1 aromatic carbocycles. The summed E-state index contributed by atoms with van der Waals surface area (Å²) in [5.74, 6) is -1.34. The zero-order chi connectivity index (χ0) is 15.2. The minimum absolute atomic E-state index is 0.0121. The van der Waals surface area contributed by atoms with Crippen LogP contribution in [-0.4, -0.2) is 17.2 Å². The van der Waals surface area contributed by atoms with Gasteiger partial charge in [0.05, 0.1) is 0 Å². The minimum atomic E-state index is -4.91. The molecule has 1 rings (SSSR count). The van der Waals surface area contributed by atoms with E-state index in [2.05, 4.69) is 4.74 Å². The smallest absolute Gasteiger partial charge is 0.403 e. The van der Waals surface area contributed by atoms with Crippen molar-refractivity contribution >= 4 is 23.0 Å². The molecule has 0 unspecified atom stereocenters. The van der Waals surface area contributed by atoms with Gasteiger partial charge in [0.1, 0.15) is 0 Å². The number of hydrogen-bond donors (Lipinski definition) is 0. The number of ether oxygens (including phenoxy) is 1. The quantitative estimate of drug-likeness (QED) is 0.595. The number of thioether (sulfide) groups is 1. The average Bonchev–Trinajstić information content (AvgIpc) is 2.30. The third kappa shape index (κ3) is 6.60. The molecule has 0 saturated heterocycles. The van der Waals surface area contributed by atoms with Crippen LogP contribution < -0.4 is 4.74 Å². The van der Waals surface area contributed by atoms with Gasteiger partial charge in [-0.2, -0.15) is 0 Å². The molecule has 110 valence electrons. The molecule has 0 aliphatic carbocycles. The van der Waals surface area contributed by atoms with Crippen molar-refractivity contribution in [1.29, 1.82) is 0 Å². The van der Waals surface area contributed by atoms with Crippen molar-refractivity contribution in [2.45, 2.75) is 19.7 Å². The third-order valence-electron chi connectivity index (χ3n) is 2.08. The van der Waals surface area contributed by atoms with Crippen LogP contribution in [0.4, 0.5) is 17.6 Å². The lowest BCUT2D eigenvalue weighted by molar-refractivity contribution is -0.275. The van der Waals surface area contributed by atoms with Gasteiger partial charge in [-0.25, -0.2) is 4.39 Å². The lowest BCUT2D eigenvalue weighted by atomic mass is 10.2. The predicted octanol–water partition coefficient (Wildman–Crippen LogP) is 4.41. The Labute approximate surface area is 117 Å². The molecule has 0 atom stereocenters. The summed E-state index contributed by atoms with van der Waals surface area (Å²) in [5.41, 5.74) is 0.421. The second kappa shape index (κ2) is 7.33. The van der Waals surface area contributed by atoms with Gasteiger partial charge in [0.2, 0.25) is 0 Å². The largest absolute Gasteiger partial charge is 0.573 e. The number of benzene rings is 1. The van der Waals surface area contributed by atoms with E-state index < -0.39 is 17.9 Å². The highest BCUT2D eigenvalue weighted by Crippen LogP contribution is 2.26. The number of carbonyl (C=O) groups excluding carboxylic acids is 1. The maximum absolute atomic E-state index is 13.4. The van der Waals surface area contributed by atoms with Gasteiger partial charge in [-0.05, 0) is 24.1 Å². The van der Waals surface area contributed by atoms with Crippen LogP contribution in [-0.2, 0) is 4.79 Å². The van der Waals surface area contributed by atoms with E-state index in [0.717, 1.165) is 12.1 Å². The fourth-order valence-corrected chi connectivity index (χ4v) is 1.86. The number of allylic oxidation sites excluding steroid dienone is 1. The molecule has 0 fully saturated rings. The average molecular weight is 308 g/mol. The fourth-order valence-electron chi connectivity index (χ4n) is 1.32. The highest BCUT2D eigenvalue weighted by Gasteiger charge is 2.32. The normalized spacial score (nSPS) is 11.8. The molecule has 1 aromatic rings. The molecule has 2 nitrogen and oxygen atoms in total. The zero-order valence-electron chi connectivity index (χ0n) is 10.5. The second-order valence-corrected chi connectivity index (χ2v) is 5.04. The maximum Gasteiger partial charge on any atom is 0.573 e. The van der Waals surface area contributed by atoms with E-state index in [1.807, 2.05) is 0 Å². The van der Waals surface area contributed by atoms with E-state index in [-0.39, 0.29) is 5.12 Å². The Kier molecular flexibility index (Phi) is 6.06. The topological polar surface area (TPSA) is 26.3 Å². The summed E-state index contributed by atoms with van der Waals surface area (Å²) in [6, 6.07) is 3.20. The van der Waals surface area contributed by atoms with Crippen molar-refractivity contribution in [3.8, 4) is 5.75 Å². The minimum Gasteiger partial charge on any atom is -0.403 e.